The van der Waals surface area contributed by atoms with Crippen LogP contribution in [0, 0.1) is 11.6 Å². The predicted molar refractivity (Wildman–Crippen MR) is 64.3 cm³/mol. The summed E-state index contributed by atoms with van der Waals surface area (Å²) in [6.45, 7) is 0.961. The zero-order valence-electron chi connectivity index (χ0n) is 9.29. The standard InChI is InChI=1S/C11H14F2N2OS/c12-10-8(7-14)1-2-9(11(10)13)15-3-5-17(16)6-4-15/h1-2H,3-7,14H2. The minimum absolute atomic E-state index is 0.0208. The topological polar surface area (TPSA) is 46.3 Å². The molecule has 0 radical (unpaired) electrons. The van der Waals surface area contributed by atoms with Gasteiger partial charge in [0, 0.05) is 47.5 Å². The SMILES string of the molecule is NCc1ccc(N2CCS(=O)CC2)c(F)c1F. The first-order chi connectivity index (χ1) is 8.13. The van der Waals surface area contributed by atoms with Crippen molar-refractivity contribution in [3.8, 4) is 0 Å². The van der Waals surface area contributed by atoms with Crippen molar-refractivity contribution in [2.75, 3.05) is 29.5 Å². The summed E-state index contributed by atoms with van der Waals surface area (Å²) >= 11 is 0. The third-order valence-electron chi connectivity index (χ3n) is 2.88. The van der Waals surface area contributed by atoms with Gasteiger partial charge in [0.05, 0.1) is 5.69 Å². The van der Waals surface area contributed by atoms with Crippen LogP contribution in [-0.4, -0.2) is 28.8 Å². The van der Waals surface area contributed by atoms with Gasteiger partial charge < -0.3 is 10.6 Å². The van der Waals surface area contributed by atoms with Crippen LogP contribution >= 0.6 is 0 Å². The average Bonchev–Trinajstić information content (AvgIpc) is 2.34. The van der Waals surface area contributed by atoms with Gasteiger partial charge in [0.15, 0.2) is 11.6 Å². The number of anilines is 1. The molecule has 0 amide bonds. The molecule has 1 aromatic rings. The lowest BCUT2D eigenvalue weighted by atomic mass is 10.1. The van der Waals surface area contributed by atoms with Crippen molar-refractivity contribution >= 4 is 16.5 Å². The molecule has 2 N–H and O–H groups in total. The second-order valence-electron chi connectivity index (χ2n) is 3.91. The van der Waals surface area contributed by atoms with Crippen molar-refractivity contribution < 1.29 is 13.0 Å². The van der Waals surface area contributed by atoms with E-state index in [0.717, 1.165) is 0 Å². The summed E-state index contributed by atoms with van der Waals surface area (Å²) in [5.74, 6) is -0.739. The molecule has 1 saturated heterocycles. The zero-order chi connectivity index (χ0) is 12.4. The van der Waals surface area contributed by atoms with Crippen molar-refractivity contribution in [3.63, 3.8) is 0 Å². The Bertz CT molecular complexity index is 443. The number of halogens is 2. The number of hydrogen-bond donors (Lipinski definition) is 1. The minimum Gasteiger partial charge on any atom is -0.367 e. The molecule has 1 aromatic carbocycles. The molecule has 0 aromatic heterocycles. The normalized spacial score (nSPS) is 17.5. The fourth-order valence-corrected chi connectivity index (χ4v) is 2.91. The molecular weight excluding hydrogens is 246 g/mol. The van der Waals surface area contributed by atoms with Crippen LogP contribution in [0.4, 0.5) is 14.5 Å². The van der Waals surface area contributed by atoms with Gasteiger partial charge >= 0.3 is 0 Å². The highest BCUT2D eigenvalue weighted by molar-refractivity contribution is 7.85. The maximum absolute atomic E-state index is 13.8. The number of rotatable bonds is 2. The van der Waals surface area contributed by atoms with Crippen molar-refractivity contribution in [2.24, 2.45) is 5.73 Å². The first-order valence-corrected chi connectivity index (χ1v) is 6.89. The van der Waals surface area contributed by atoms with E-state index < -0.39 is 22.4 Å². The van der Waals surface area contributed by atoms with Gasteiger partial charge in [-0.2, -0.15) is 0 Å². The molecule has 3 nitrogen and oxygen atoms in total. The maximum Gasteiger partial charge on any atom is 0.182 e. The Morgan fingerprint density at radius 3 is 2.47 bits per heavy atom. The summed E-state index contributed by atoms with van der Waals surface area (Å²) < 4.78 is 38.5. The van der Waals surface area contributed by atoms with Gasteiger partial charge in [0.25, 0.3) is 0 Å². The molecule has 0 saturated carbocycles. The van der Waals surface area contributed by atoms with E-state index in [4.69, 9.17) is 5.73 Å². The smallest absolute Gasteiger partial charge is 0.182 e. The van der Waals surface area contributed by atoms with Crippen molar-refractivity contribution in [3.05, 3.63) is 29.3 Å². The molecule has 0 unspecified atom stereocenters. The molecular formula is C11H14F2N2OS. The van der Waals surface area contributed by atoms with E-state index in [-0.39, 0.29) is 17.8 Å². The highest BCUT2D eigenvalue weighted by atomic mass is 32.2. The Labute approximate surface area is 101 Å². The van der Waals surface area contributed by atoms with E-state index in [0.29, 0.717) is 24.6 Å². The molecule has 0 bridgehead atoms. The fraction of sp³-hybridized carbons (Fsp3) is 0.455. The number of hydrogen-bond acceptors (Lipinski definition) is 3. The summed E-state index contributed by atoms with van der Waals surface area (Å²) in [5.41, 5.74) is 5.71. The van der Waals surface area contributed by atoms with E-state index in [2.05, 4.69) is 0 Å². The second-order valence-corrected chi connectivity index (χ2v) is 5.61. The van der Waals surface area contributed by atoms with Crippen LogP contribution in [0.3, 0.4) is 0 Å². The molecule has 1 aliphatic heterocycles. The molecule has 17 heavy (non-hydrogen) atoms. The number of benzene rings is 1. The Morgan fingerprint density at radius 2 is 1.88 bits per heavy atom. The van der Waals surface area contributed by atoms with E-state index in [1.54, 1.807) is 4.90 Å². The van der Waals surface area contributed by atoms with Gasteiger partial charge in [0.2, 0.25) is 0 Å². The van der Waals surface area contributed by atoms with Gasteiger partial charge in [-0.3, -0.25) is 4.21 Å². The second kappa shape index (κ2) is 5.10. The maximum atomic E-state index is 13.8. The van der Waals surface area contributed by atoms with Gasteiger partial charge in [-0.05, 0) is 6.07 Å². The molecule has 2 rings (SSSR count). The molecule has 1 heterocycles. The van der Waals surface area contributed by atoms with Crippen LogP contribution in [0.2, 0.25) is 0 Å². The largest absolute Gasteiger partial charge is 0.367 e. The number of nitrogens with zero attached hydrogens (tertiary/aromatic N) is 1. The first-order valence-electron chi connectivity index (χ1n) is 5.40. The zero-order valence-corrected chi connectivity index (χ0v) is 10.1. The Hall–Kier alpha value is -1.01. The summed E-state index contributed by atoms with van der Waals surface area (Å²) in [6.07, 6.45) is 0. The van der Waals surface area contributed by atoms with Gasteiger partial charge in [-0.1, -0.05) is 6.07 Å². The van der Waals surface area contributed by atoms with Gasteiger partial charge in [-0.25, -0.2) is 8.78 Å². The quantitative estimate of drug-likeness (QED) is 0.862. The summed E-state index contributed by atoms with van der Waals surface area (Å²) in [4.78, 5) is 1.72. The van der Waals surface area contributed by atoms with Crippen molar-refractivity contribution in [2.45, 2.75) is 6.54 Å². The number of nitrogens with two attached hydrogens (primary N) is 1. The lowest BCUT2D eigenvalue weighted by Crippen LogP contribution is -2.38. The lowest BCUT2D eigenvalue weighted by Gasteiger charge is -2.29. The molecule has 94 valence electrons. The summed E-state index contributed by atoms with van der Waals surface area (Å²) in [5, 5.41) is 0. The monoisotopic (exact) mass is 260 g/mol. The van der Waals surface area contributed by atoms with E-state index in [1.807, 2.05) is 0 Å². The van der Waals surface area contributed by atoms with Crippen LogP contribution in [0.5, 0.6) is 0 Å². The summed E-state index contributed by atoms with van der Waals surface area (Å²) in [6, 6.07) is 3.04. The van der Waals surface area contributed by atoms with Crippen LogP contribution < -0.4 is 10.6 Å². The van der Waals surface area contributed by atoms with Crippen LogP contribution in [0.1, 0.15) is 5.56 Å². The molecule has 0 atom stereocenters. The highest BCUT2D eigenvalue weighted by Crippen LogP contribution is 2.25. The molecule has 0 aliphatic carbocycles. The third-order valence-corrected chi connectivity index (χ3v) is 4.16. The Balaban J connectivity index is 2.27. The van der Waals surface area contributed by atoms with Crippen molar-refractivity contribution in [1.29, 1.82) is 0 Å². The van der Waals surface area contributed by atoms with E-state index in [9.17, 15) is 13.0 Å². The summed E-state index contributed by atoms with van der Waals surface area (Å²) in [7, 11) is -0.830. The molecule has 1 aliphatic rings. The van der Waals surface area contributed by atoms with Gasteiger partial charge in [-0.15, -0.1) is 0 Å². The van der Waals surface area contributed by atoms with E-state index >= 15 is 0 Å². The van der Waals surface area contributed by atoms with E-state index in [1.165, 1.54) is 12.1 Å². The first kappa shape index (κ1) is 12.4. The average molecular weight is 260 g/mol. The highest BCUT2D eigenvalue weighted by Gasteiger charge is 2.21. The molecule has 6 heteroatoms. The lowest BCUT2D eigenvalue weighted by molar-refractivity contribution is 0.497. The Kier molecular flexibility index (Phi) is 3.73. The third kappa shape index (κ3) is 2.47. The van der Waals surface area contributed by atoms with Crippen LogP contribution in [-0.2, 0) is 17.3 Å². The van der Waals surface area contributed by atoms with Crippen molar-refractivity contribution in [1.82, 2.24) is 0 Å². The van der Waals surface area contributed by atoms with Gasteiger partial charge in [0.1, 0.15) is 0 Å². The molecule has 0 spiro atoms. The minimum atomic E-state index is -0.878. The van der Waals surface area contributed by atoms with Crippen LogP contribution in [0.15, 0.2) is 12.1 Å². The molecule has 1 fully saturated rings. The fourth-order valence-electron chi connectivity index (χ4n) is 1.86. The predicted octanol–water partition coefficient (Wildman–Crippen LogP) is 0.992. The van der Waals surface area contributed by atoms with Crippen LogP contribution in [0.25, 0.3) is 0 Å². The Morgan fingerprint density at radius 1 is 1.24 bits per heavy atom.